The minimum Gasteiger partial charge on any atom is -0.493 e. The summed E-state index contributed by atoms with van der Waals surface area (Å²) in [7, 11) is 3.21. The summed E-state index contributed by atoms with van der Waals surface area (Å²) in [6.45, 7) is 3.39. The number of carbonyl (C=O) groups excluding carboxylic acids is 1. The summed E-state index contributed by atoms with van der Waals surface area (Å²) in [5.41, 5.74) is 2.74. The molecule has 6 heteroatoms. The number of hydrogen-bond donors (Lipinski definition) is 1. The van der Waals surface area contributed by atoms with Crippen LogP contribution in [-0.2, 0) is 13.1 Å². The van der Waals surface area contributed by atoms with Gasteiger partial charge < -0.3 is 19.4 Å². The number of hydrogen-bond acceptors (Lipinski definition) is 4. The van der Waals surface area contributed by atoms with E-state index in [2.05, 4.69) is 35.0 Å². The third-order valence-electron chi connectivity index (χ3n) is 4.81. The molecule has 0 radical (unpaired) electrons. The van der Waals surface area contributed by atoms with Crippen molar-refractivity contribution in [3.05, 3.63) is 53.7 Å². The molecule has 1 aromatic heterocycles. The van der Waals surface area contributed by atoms with Crippen LogP contribution in [0.3, 0.4) is 0 Å². The zero-order valence-electron chi connectivity index (χ0n) is 15.6. The molecule has 4 rings (SSSR count). The van der Waals surface area contributed by atoms with E-state index < -0.39 is 0 Å². The number of rotatable bonds is 5. The fraction of sp³-hybridized carbons (Fsp3) is 0.286. The largest absolute Gasteiger partial charge is 0.493 e. The second-order valence-electron chi connectivity index (χ2n) is 6.60. The topological polar surface area (TPSA) is 52.5 Å². The number of thioether (sulfide) groups is 1. The number of ether oxygens (including phenoxy) is 2. The molecule has 0 bridgehead atoms. The molecule has 0 spiro atoms. The summed E-state index contributed by atoms with van der Waals surface area (Å²) < 4.78 is 12.9. The van der Waals surface area contributed by atoms with Crippen LogP contribution >= 0.6 is 11.8 Å². The maximum absolute atomic E-state index is 13.0. The van der Waals surface area contributed by atoms with Gasteiger partial charge in [-0.05, 0) is 18.2 Å². The zero-order valence-corrected chi connectivity index (χ0v) is 16.4. The molecule has 1 aliphatic rings. The van der Waals surface area contributed by atoms with Crippen molar-refractivity contribution in [1.29, 1.82) is 0 Å². The number of benzene rings is 2. The lowest BCUT2D eigenvalue weighted by molar-refractivity contribution is 0.0941. The molecule has 0 fully saturated rings. The van der Waals surface area contributed by atoms with Crippen LogP contribution in [0.25, 0.3) is 10.9 Å². The molecule has 27 heavy (non-hydrogen) atoms. The van der Waals surface area contributed by atoms with Gasteiger partial charge in [-0.25, -0.2) is 0 Å². The van der Waals surface area contributed by atoms with Gasteiger partial charge in [-0.1, -0.05) is 31.2 Å². The highest BCUT2D eigenvalue weighted by Crippen LogP contribution is 2.38. The van der Waals surface area contributed by atoms with Gasteiger partial charge in [0.1, 0.15) is 5.69 Å². The van der Waals surface area contributed by atoms with Crippen LogP contribution in [0.15, 0.2) is 47.4 Å². The van der Waals surface area contributed by atoms with Crippen LogP contribution in [0, 0.1) is 0 Å². The summed E-state index contributed by atoms with van der Waals surface area (Å²) >= 11 is 1.87. The van der Waals surface area contributed by atoms with Crippen molar-refractivity contribution in [2.24, 2.45) is 0 Å². The molecule has 0 saturated heterocycles. The molecule has 140 valence electrons. The Morgan fingerprint density at radius 1 is 1.22 bits per heavy atom. The Hall–Kier alpha value is -2.60. The fourth-order valence-electron chi connectivity index (χ4n) is 3.63. The highest BCUT2D eigenvalue weighted by atomic mass is 32.2. The predicted molar refractivity (Wildman–Crippen MR) is 108 cm³/mol. The van der Waals surface area contributed by atoms with E-state index in [1.54, 1.807) is 14.2 Å². The first-order valence-corrected chi connectivity index (χ1v) is 9.77. The highest BCUT2D eigenvalue weighted by Gasteiger charge is 2.24. The minimum absolute atomic E-state index is 0.0823. The molecule has 0 unspecified atom stereocenters. The van der Waals surface area contributed by atoms with Crippen LogP contribution in [0.2, 0.25) is 0 Å². The first-order chi connectivity index (χ1) is 13.1. The Kier molecular flexibility index (Phi) is 4.74. The molecule has 0 aliphatic carbocycles. The molecule has 2 aromatic carbocycles. The quantitative estimate of drug-likeness (QED) is 0.722. The molecule has 5 nitrogen and oxygen atoms in total. The molecule has 1 N–H and O–H groups in total. The van der Waals surface area contributed by atoms with Gasteiger partial charge in [-0.2, -0.15) is 0 Å². The molecule has 0 saturated carbocycles. The summed E-state index contributed by atoms with van der Waals surface area (Å²) in [5, 5.41) is 4.57. The van der Waals surface area contributed by atoms with Crippen LogP contribution in [0.4, 0.5) is 0 Å². The smallest absolute Gasteiger partial charge is 0.268 e. The monoisotopic (exact) mass is 382 g/mol. The average molecular weight is 382 g/mol. The number of aromatic nitrogens is 1. The second kappa shape index (κ2) is 7.19. The van der Waals surface area contributed by atoms with Gasteiger partial charge in [0.25, 0.3) is 5.91 Å². The molecule has 1 atom stereocenters. The van der Waals surface area contributed by atoms with Crippen molar-refractivity contribution >= 4 is 28.6 Å². The van der Waals surface area contributed by atoms with Gasteiger partial charge in [-0.15, -0.1) is 11.8 Å². The van der Waals surface area contributed by atoms with Crippen LogP contribution < -0.4 is 14.8 Å². The van der Waals surface area contributed by atoms with Crippen molar-refractivity contribution in [1.82, 2.24) is 9.88 Å². The Labute approximate surface area is 162 Å². The normalized spacial score (nSPS) is 15.6. The van der Waals surface area contributed by atoms with E-state index in [4.69, 9.17) is 9.47 Å². The number of para-hydroxylation sites is 2. The summed E-state index contributed by atoms with van der Waals surface area (Å²) in [6, 6.07) is 13.9. The van der Waals surface area contributed by atoms with Crippen molar-refractivity contribution in [2.75, 3.05) is 14.2 Å². The van der Waals surface area contributed by atoms with Crippen molar-refractivity contribution in [2.45, 2.75) is 30.2 Å². The average Bonchev–Trinajstić information content (AvgIpc) is 3.05. The van der Waals surface area contributed by atoms with Crippen molar-refractivity contribution in [3.8, 4) is 11.5 Å². The number of methoxy groups -OCH3 is 2. The molecular formula is C21H22N2O3S. The van der Waals surface area contributed by atoms with E-state index in [0.29, 0.717) is 29.0 Å². The number of nitrogens with one attached hydrogen (secondary N) is 1. The Bertz CT molecular complexity index is 1010. The van der Waals surface area contributed by atoms with Crippen LogP contribution in [0.5, 0.6) is 11.5 Å². The van der Waals surface area contributed by atoms with Gasteiger partial charge in [-0.3, -0.25) is 4.79 Å². The van der Waals surface area contributed by atoms with E-state index >= 15 is 0 Å². The summed E-state index contributed by atoms with van der Waals surface area (Å²) in [5.74, 6) is 1.22. The van der Waals surface area contributed by atoms with Gasteiger partial charge in [0.2, 0.25) is 0 Å². The van der Waals surface area contributed by atoms with E-state index in [0.717, 1.165) is 23.0 Å². The first kappa shape index (κ1) is 17.8. The predicted octanol–water partition coefficient (Wildman–Crippen LogP) is 4.08. The molecule has 1 aliphatic heterocycles. The maximum atomic E-state index is 13.0. The van der Waals surface area contributed by atoms with Crippen molar-refractivity contribution < 1.29 is 14.3 Å². The third-order valence-corrected chi connectivity index (χ3v) is 5.94. The summed E-state index contributed by atoms with van der Waals surface area (Å²) in [6.07, 6.45) is 0. The van der Waals surface area contributed by atoms with E-state index in [9.17, 15) is 4.79 Å². The lowest BCUT2D eigenvalue weighted by Crippen LogP contribution is -2.27. The lowest BCUT2D eigenvalue weighted by atomic mass is 10.2. The Morgan fingerprint density at radius 3 is 2.81 bits per heavy atom. The molecule has 2 heterocycles. The van der Waals surface area contributed by atoms with Crippen LogP contribution in [0.1, 0.15) is 23.0 Å². The number of nitrogens with zero attached hydrogens (tertiary/aromatic N) is 1. The maximum Gasteiger partial charge on any atom is 0.268 e. The number of carbonyl (C=O) groups is 1. The second-order valence-corrected chi connectivity index (χ2v) is 8.08. The van der Waals surface area contributed by atoms with Gasteiger partial charge in [0.05, 0.1) is 19.7 Å². The lowest BCUT2D eigenvalue weighted by Gasteiger charge is -2.22. The SMILES string of the molecule is COc1cccc(CNC(=O)c2cc3cccc4c3n2C[C@H](C)S4)c1OC. The van der Waals surface area contributed by atoms with E-state index in [-0.39, 0.29) is 5.91 Å². The van der Waals surface area contributed by atoms with Gasteiger partial charge in [0, 0.05) is 34.2 Å². The number of amides is 1. The highest BCUT2D eigenvalue weighted by molar-refractivity contribution is 8.00. The Morgan fingerprint density at radius 2 is 2.04 bits per heavy atom. The first-order valence-electron chi connectivity index (χ1n) is 8.89. The zero-order chi connectivity index (χ0) is 19.0. The molecule has 1 amide bonds. The van der Waals surface area contributed by atoms with E-state index in [1.807, 2.05) is 36.0 Å². The van der Waals surface area contributed by atoms with Crippen LogP contribution in [-0.4, -0.2) is 29.9 Å². The molecular weight excluding hydrogens is 360 g/mol. The van der Waals surface area contributed by atoms with Gasteiger partial charge >= 0.3 is 0 Å². The Balaban J connectivity index is 1.62. The standard InChI is InChI=1S/C21H22N2O3S/c1-13-12-23-16(10-14-6-5-9-18(27-13)19(14)23)21(24)22-11-15-7-4-8-17(25-2)20(15)26-3/h4-10,13H,11-12H2,1-3H3,(H,22,24)/t13-/m0/s1. The van der Waals surface area contributed by atoms with E-state index in [1.165, 1.54) is 4.90 Å². The molecule has 3 aromatic rings. The minimum atomic E-state index is -0.0823. The third kappa shape index (κ3) is 3.14. The van der Waals surface area contributed by atoms with Crippen molar-refractivity contribution in [3.63, 3.8) is 0 Å². The fourth-order valence-corrected chi connectivity index (χ4v) is 4.79. The van der Waals surface area contributed by atoms with Gasteiger partial charge in [0.15, 0.2) is 11.5 Å². The summed E-state index contributed by atoms with van der Waals surface area (Å²) in [4.78, 5) is 14.2.